The highest BCUT2D eigenvalue weighted by Gasteiger charge is 2.79. The van der Waals surface area contributed by atoms with Gasteiger partial charge in [-0.15, -0.1) is 0 Å². The number of nitrogens with zero attached hydrogens (tertiary/aromatic N) is 2. The second kappa shape index (κ2) is 19.4. The predicted molar refractivity (Wildman–Crippen MR) is 246 cm³/mol. The van der Waals surface area contributed by atoms with Crippen molar-refractivity contribution in [3.63, 3.8) is 0 Å². The van der Waals surface area contributed by atoms with Gasteiger partial charge in [0.1, 0.15) is 11.2 Å². The van der Waals surface area contributed by atoms with Crippen LogP contribution in [0.4, 0.5) is 0 Å². The molecule has 4 heterocycles. The van der Waals surface area contributed by atoms with Gasteiger partial charge in [-0.2, -0.15) is 0 Å². The predicted octanol–water partition coefficient (Wildman–Crippen LogP) is 7.78. The van der Waals surface area contributed by atoms with Gasteiger partial charge in [0.05, 0.1) is 13.2 Å². The first-order chi connectivity index (χ1) is 32.0. The smallest absolute Gasteiger partial charge is 0.320 e. The molecule has 4 aliphatic rings. The Labute approximate surface area is 388 Å². The number of fused-ring (bicyclic) bond motifs is 2. The molecule has 0 bridgehead atoms. The third kappa shape index (κ3) is 8.03. The fraction of sp³-hybridized carbons (Fsp3) is 0.481. The summed E-state index contributed by atoms with van der Waals surface area (Å²) in [5.41, 5.74) is -2.67. The molecular formula is C54H64N2O10. The zero-order valence-electron chi connectivity index (χ0n) is 38.3. The summed E-state index contributed by atoms with van der Waals surface area (Å²) in [5.74, 6) is -7.23. The van der Waals surface area contributed by atoms with Gasteiger partial charge >= 0.3 is 11.9 Å². The van der Waals surface area contributed by atoms with E-state index in [2.05, 4.69) is 0 Å². The summed E-state index contributed by atoms with van der Waals surface area (Å²) < 4.78 is 24.3. The number of unbranched alkanes of at least 4 members (excludes halogenated alkanes) is 9. The maximum absolute atomic E-state index is 14.1. The number of hydrogen-bond acceptors (Lipinski definition) is 10. The van der Waals surface area contributed by atoms with Gasteiger partial charge < -0.3 is 39.0 Å². The SMILES string of the molecule is CCOC(=O)C12CN(CCCCCCCCCCCCN3CC4(C(=O)OCC)CC(c5ccccc5)(c5ccccc5)OC4(O)C3=O)C(=O)C1(O)OC(c1ccccc1)(c1ccccc1)C2. The highest BCUT2D eigenvalue weighted by molar-refractivity contribution is 5.98. The van der Waals surface area contributed by atoms with Crippen LogP contribution in [0.25, 0.3) is 0 Å². The third-order valence-electron chi connectivity index (χ3n) is 14.5. The topological polar surface area (TPSA) is 152 Å². The van der Waals surface area contributed by atoms with Crippen LogP contribution in [0.5, 0.6) is 0 Å². The molecule has 2 N–H and O–H groups in total. The minimum absolute atomic E-state index is 0.0125. The Balaban J connectivity index is 0.784. The molecule has 12 heteroatoms. The standard InChI is InChI=1S/C54H64N2O10/c1-3-63-47(59)49-37-51(41-27-17-13-18-28-41,42-29-19-14-20-30-42)65-53(49,61)45(57)55(39-49)35-25-11-9-7-5-6-8-10-12-26-36-56-40-50(48(60)64-4-2)38-52(43-31-21-15-22-32-43,44-33-23-16-24-34-44)66-54(50,62)46(56)58/h13-24,27-34,61-62H,3-12,25-26,35-40H2,1-2H3. The number of likely N-dealkylation sites (tertiary alicyclic amines) is 2. The van der Waals surface area contributed by atoms with Crippen LogP contribution in [0.2, 0.25) is 0 Å². The lowest BCUT2D eigenvalue weighted by atomic mass is 9.72. The first-order valence-electron chi connectivity index (χ1n) is 24.0. The van der Waals surface area contributed by atoms with E-state index in [0.717, 1.165) is 86.5 Å². The van der Waals surface area contributed by atoms with Gasteiger partial charge in [-0.3, -0.25) is 19.2 Å². The average molecular weight is 901 g/mol. The van der Waals surface area contributed by atoms with Gasteiger partial charge in [-0.25, -0.2) is 0 Å². The molecule has 0 aromatic heterocycles. The Kier molecular flexibility index (Phi) is 13.9. The molecule has 4 aromatic rings. The van der Waals surface area contributed by atoms with Crippen molar-refractivity contribution < 1.29 is 48.3 Å². The van der Waals surface area contributed by atoms with Gasteiger partial charge in [-0.1, -0.05) is 173 Å². The normalized spacial score (nSPS) is 26.1. The number of ether oxygens (including phenoxy) is 4. The maximum atomic E-state index is 14.1. The molecule has 4 aromatic carbocycles. The van der Waals surface area contributed by atoms with Crippen LogP contribution in [-0.2, 0) is 49.3 Å². The molecule has 4 aliphatic heterocycles. The molecule has 4 unspecified atom stereocenters. The van der Waals surface area contributed by atoms with Gasteiger partial charge in [-0.05, 0) is 48.9 Å². The van der Waals surface area contributed by atoms with E-state index in [1.165, 1.54) is 0 Å². The van der Waals surface area contributed by atoms with Crippen molar-refractivity contribution >= 4 is 23.8 Å². The monoisotopic (exact) mass is 900 g/mol. The molecule has 4 fully saturated rings. The van der Waals surface area contributed by atoms with E-state index in [9.17, 15) is 29.4 Å². The van der Waals surface area contributed by atoms with E-state index in [1.807, 2.05) is 121 Å². The lowest BCUT2D eigenvalue weighted by Gasteiger charge is -2.33. The molecular weight excluding hydrogens is 837 g/mol. The van der Waals surface area contributed by atoms with Crippen LogP contribution in [0.1, 0.15) is 113 Å². The molecule has 66 heavy (non-hydrogen) atoms. The van der Waals surface area contributed by atoms with E-state index in [4.69, 9.17) is 18.9 Å². The lowest BCUT2D eigenvalue weighted by Crippen LogP contribution is -2.52. The first kappa shape index (κ1) is 47.1. The molecule has 8 rings (SSSR count). The van der Waals surface area contributed by atoms with Crippen molar-refractivity contribution in [3.8, 4) is 0 Å². The van der Waals surface area contributed by atoms with E-state index in [-0.39, 0.29) is 39.1 Å². The van der Waals surface area contributed by atoms with E-state index in [1.54, 1.807) is 23.6 Å². The number of esters is 2. The maximum Gasteiger partial charge on any atom is 0.320 e. The van der Waals surface area contributed by atoms with Crippen LogP contribution in [0, 0.1) is 10.8 Å². The number of benzene rings is 4. The Hall–Kier alpha value is -5.40. The highest BCUT2D eigenvalue weighted by atomic mass is 16.7. The van der Waals surface area contributed by atoms with E-state index < -0.39 is 57.4 Å². The second-order valence-corrected chi connectivity index (χ2v) is 18.6. The van der Waals surface area contributed by atoms with Crippen molar-refractivity contribution in [3.05, 3.63) is 144 Å². The van der Waals surface area contributed by atoms with Gasteiger partial charge in [0.2, 0.25) is 0 Å². The summed E-state index contributed by atoms with van der Waals surface area (Å²) >= 11 is 0. The highest BCUT2D eigenvalue weighted by Crippen LogP contribution is 2.63. The molecule has 12 nitrogen and oxygen atoms in total. The molecule has 4 atom stereocenters. The summed E-state index contributed by atoms with van der Waals surface area (Å²) in [4.78, 5) is 59.1. The van der Waals surface area contributed by atoms with Crippen molar-refractivity contribution in [2.24, 2.45) is 10.8 Å². The Morgan fingerprint density at radius 1 is 0.485 bits per heavy atom. The molecule has 0 saturated carbocycles. The molecule has 350 valence electrons. The second-order valence-electron chi connectivity index (χ2n) is 18.6. The van der Waals surface area contributed by atoms with Crippen LogP contribution in [-0.4, -0.2) is 94.7 Å². The number of amides is 2. The lowest BCUT2D eigenvalue weighted by molar-refractivity contribution is -0.237. The summed E-state index contributed by atoms with van der Waals surface area (Å²) in [6.07, 6.45) is 9.62. The van der Waals surface area contributed by atoms with Crippen molar-refractivity contribution in [1.29, 1.82) is 0 Å². The van der Waals surface area contributed by atoms with E-state index in [0.29, 0.717) is 13.1 Å². The fourth-order valence-corrected chi connectivity index (χ4v) is 11.2. The number of aliphatic hydroxyl groups is 2. The van der Waals surface area contributed by atoms with Crippen molar-refractivity contribution in [2.75, 3.05) is 39.4 Å². The van der Waals surface area contributed by atoms with Gasteiger partial charge in [0, 0.05) is 39.0 Å². The van der Waals surface area contributed by atoms with Gasteiger partial charge in [0.15, 0.2) is 10.8 Å². The Morgan fingerprint density at radius 2 is 0.758 bits per heavy atom. The number of carbonyl (C=O) groups is 4. The average Bonchev–Trinajstić information content (AvgIpc) is 3.94. The minimum Gasteiger partial charge on any atom is -0.465 e. The first-order valence-corrected chi connectivity index (χ1v) is 24.0. The van der Waals surface area contributed by atoms with Crippen LogP contribution in [0.3, 0.4) is 0 Å². The number of rotatable bonds is 21. The van der Waals surface area contributed by atoms with Crippen molar-refractivity contribution in [2.45, 2.75) is 114 Å². The van der Waals surface area contributed by atoms with E-state index >= 15 is 0 Å². The van der Waals surface area contributed by atoms with Crippen molar-refractivity contribution in [1.82, 2.24) is 9.80 Å². The largest absolute Gasteiger partial charge is 0.465 e. The summed E-state index contributed by atoms with van der Waals surface area (Å²) in [6.45, 7) is 4.49. The summed E-state index contributed by atoms with van der Waals surface area (Å²) in [6, 6.07) is 37.8. The molecule has 0 spiro atoms. The number of hydrogen-bond donors (Lipinski definition) is 2. The molecule has 4 saturated heterocycles. The quantitative estimate of drug-likeness (QED) is 0.0627. The fourth-order valence-electron chi connectivity index (χ4n) is 11.2. The molecule has 0 radical (unpaired) electrons. The van der Waals surface area contributed by atoms with Crippen LogP contribution < -0.4 is 0 Å². The Morgan fingerprint density at radius 3 is 1.03 bits per heavy atom. The minimum atomic E-state index is -2.38. The molecule has 2 amide bonds. The van der Waals surface area contributed by atoms with Gasteiger partial charge in [0.25, 0.3) is 23.4 Å². The summed E-state index contributed by atoms with van der Waals surface area (Å²) in [7, 11) is 0. The Bertz CT molecular complexity index is 2070. The third-order valence-corrected chi connectivity index (χ3v) is 14.5. The summed E-state index contributed by atoms with van der Waals surface area (Å²) in [5, 5.41) is 24.5. The van der Waals surface area contributed by atoms with Crippen LogP contribution in [0.15, 0.2) is 121 Å². The molecule has 0 aliphatic carbocycles. The zero-order valence-corrected chi connectivity index (χ0v) is 38.3. The zero-order chi connectivity index (χ0) is 46.5. The van der Waals surface area contributed by atoms with Crippen LogP contribution >= 0.6 is 0 Å². The number of carbonyl (C=O) groups excluding carboxylic acids is 4.